The number of halogens is 3. The summed E-state index contributed by atoms with van der Waals surface area (Å²) < 4.78 is 29.1. The van der Waals surface area contributed by atoms with E-state index in [1.807, 2.05) is 19.2 Å². The highest BCUT2D eigenvalue weighted by atomic mass is 127. The van der Waals surface area contributed by atoms with Crippen LogP contribution in [0.2, 0.25) is 0 Å². The highest BCUT2D eigenvalue weighted by Crippen LogP contribution is 2.31. The van der Waals surface area contributed by atoms with E-state index in [9.17, 15) is 8.78 Å². The van der Waals surface area contributed by atoms with Crippen molar-refractivity contribution in [2.75, 3.05) is 53.9 Å². The van der Waals surface area contributed by atoms with Crippen LogP contribution >= 0.6 is 24.0 Å². The molecule has 182 valence electrons. The Morgan fingerprint density at radius 1 is 1.12 bits per heavy atom. The molecule has 2 aliphatic rings. The first kappa shape index (κ1) is 27.0. The summed E-state index contributed by atoms with van der Waals surface area (Å²) in [6.45, 7) is 3.34. The molecule has 6 nitrogen and oxygen atoms in total. The molecule has 1 aromatic carbocycles. The van der Waals surface area contributed by atoms with Crippen LogP contribution in [0.25, 0.3) is 0 Å². The molecule has 0 unspecified atom stereocenters. The van der Waals surface area contributed by atoms with E-state index in [1.54, 1.807) is 19.2 Å². The fraction of sp³-hybridized carbons (Fsp3) is 0.696. The Balaban J connectivity index is 0.00000363. The van der Waals surface area contributed by atoms with Crippen LogP contribution in [0.15, 0.2) is 29.3 Å². The van der Waals surface area contributed by atoms with Gasteiger partial charge in [-0.25, -0.2) is 0 Å². The van der Waals surface area contributed by atoms with Crippen LogP contribution in [0.4, 0.5) is 8.78 Å². The molecule has 9 heteroatoms. The van der Waals surface area contributed by atoms with Gasteiger partial charge in [0.2, 0.25) is 0 Å². The lowest BCUT2D eigenvalue weighted by Crippen LogP contribution is -2.62. The number of likely N-dealkylation sites (tertiary alicyclic amines) is 2. The Labute approximate surface area is 208 Å². The Hall–Kier alpha value is -1.20. The van der Waals surface area contributed by atoms with Gasteiger partial charge >= 0.3 is 6.61 Å². The maximum atomic E-state index is 12.3. The highest BCUT2D eigenvalue weighted by Gasteiger charge is 2.39. The van der Waals surface area contributed by atoms with Gasteiger partial charge in [-0.15, -0.1) is 24.0 Å². The van der Waals surface area contributed by atoms with Crippen molar-refractivity contribution in [3.8, 4) is 5.75 Å². The van der Waals surface area contributed by atoms with Gasteiger partial charge in [0.05, 0.1) is 0 Å². The molecular formula is C23H38F2IN5O. The largest absolute Gasteiger partial charge is 0.435 e. The monoisotopic (exact) mass is 565 g/mol. The van der Waals surface area contributed by atoms with Gasteiger partial charge in [-0.2, -0.15) is 8.78 Å². The Morgan fingerprint density at radius 3 is 2.31 bits per heavy atom. The Bertz CT molecular complexity index is 705. The molecule has 1 N–H and O–H groups in total. The quantitative estimate of drug-likeness (QED) is 0.309. The van der Waals surface area contributed by atoms with Crippen molar-refractivity contribution in [1.29, 1.82) is 0 Å². The zero-order chi connectivity index (χ0) is 22.3. The molecule has 2 saturated heterocycles. The fourth-order valence-electron chi connectivity index (χ4n) is 4.76. The number of aliphatic imine (C=N–C) groups is 1. The zero-order valence-corrected chi connectivity index (χ0v) is 21.9. The summed E-state index contributed by atoms with van der Waals surface area (Å²) in [4.78, 5) is 11.7. The molecule has 0 spiro atoms. The lowest BCUT2D eigenvalue weighted by atomic mass is 9.84. The maximum Gasteiger partial charge on any atom is 0.387 e. The van der Waals surface area contributed by atoms with Crippen molar-refractivity contribution in [1.82, 2.24) is 20.0 Å². The molecule has 0 amide bonds. The van der Waals surface area contributed by atoms with E-state index in [2.05, 4.69) is 36.8 Å². The maximum absolute atomic E-state index is 12.3. The number of benzene rings is 1. The van der Waals surface area contributed by atoms with Crippen LogP contribution < -0.4 is 10.1 Å². The van der Waals surface area contributed by atoms with E-state index in [4.69, 9.17) is 0 Å². The molecule has 3 rings (SSSR count). The molecule has 2 fully saturated rings. The van der Waals surface area contributed by atoms with Gasteiger partial charge < -0.3 is 19.9 Å². The number of piperidine rings is 2. The van der Waals surface area contributed by atoms with E-state index in [0.717, 1.165) is 31.2 Å². The minimum absolute atomic E-state index is 0. The van der Waals surface area contributed by atoms with E-state index in [1.165, 1.54) is 45.2 Å². The number of guanidine groups is 1. The third-order valence-corrected chi connectivity index (χ3v) is 6.66. The zero-order valence-electron chi connectivity index (χ0n) is 19.5. The lowest BCUT2D eigenvalue weighted by molar-refractivity contribution is -0.0498. The van der Waals surface area contributed by atoms with Gasteiger partial charge in [-0.1, -0.05) is 18.6 Å². The molecule has 0 atom stereocenters. The van der Waals surface area contributed by atoms with E-state index in [-0.39, 0.29) is 35.3 Å². The Morgan fingerprint density at radius 2 is 1.75 bits per heavy atom. The van der Waals surface area contributed by atoms with Crippen LogP contribution in [0, 0.1) is 0 Å². The van der Waals surface area contributed by atoms with Gasteiger partial charge in [0.1, 0.15) is 5.75 Å². The van der Waals surface area contributed by atoms with E-state index < -0.39 is 6.61 Å². The normalized spacial score (nSPS) is 20.0. The molecular weight excluding hydrogens is 527 g/mol. The van der Waals surface area contributed by atoms with Crippen LogP contribution in [0.3, 0.4) is 0 Å². The number of ether oxygens (including phenoxy) is 1. The van der Waals surface area contributed by atoms with Crippen LogP contribution in [-0.4, -0.2) is 86.7 Å². The molecule has 32 heavy (non-hydrogen) atoms. The first-order valence-electron chi connectivity index (χ1n) is 11.3. The second-order valence-corrected chi connectivity index (χ2v) is 8.85. The van der Waals surface area contributed by atoms with E-state index in [0.29, 0.717) is 6.54 Å². The average molecular weight is 565 g/mol. The number of nitrogens with one attached hydrogen (secondary N) is 1. The van der Waals surface area contributed by atoms with Gasteiger partial charge in [-0.05, 0) is 76.6 Å². The number of hydrogen-bond acceptors (Lipinski definition) is 4. The van der Waals surface area contributed by atoms with Crippen molar-refractivity contribution in [3.63, 3.8) is 0 Å². The summed E-state index contributed by atoms with van der Waals surface area (Å²) in [5, 5.41) is 3.64. The summed E-state index contributed by atoms with van der Waals surface area (Å²) in [5.41, 5.74) is 1.19. The molecule has 0 bridgehead atoms. The van der Waals surface area contributed by atoms with Crippen LogP contribution in [0.5, 0.6) is 5.75 Å². The summed E-state index contributed by atoms with van der Waals surface area (Å²) in [6.07, 6.45) is 6.26. The van der Waals surface area contributed by atoms with Crippen molar-refractivity contribution in [2.45, 2.75) is 50.8 Å². The molecule has 1 aromatic rings. The predicted molar refractivity (Wildman–Crippen MR) is 136 cm³/mol. The SMILES string of the molecule is CN=C(NCC1(N2CCCCC2)CCN(C)CC1)N(C)Cc1ccc(OC(F)F)cc1.I. The predicted octanol–water partition coefficient (Wildman–Crippen LogP) is 3.86. The molecule has 0 aliphatic carbocycles. The fourth-order valence-corrected chi connectivity index (χ4v) is 4.76. The summed E-state index contributed by atoms with van der Waals surface area (Å²) in [7, 11) is 6.01. The molecule has 0 radical (unpaired) electrons. The van der Waals surface area contributed by atoms with Crippen molar-refractivity contribution in [2.24, 2.45) is 4.99 Å². The molecule has 2 aliphatic heterocycles. The number of rotatable bonds is 7. The number of nitrogens with zero attached hydrogens (tertiary/aromatic N) is 4. The van der Waals surface area contributed by atoms with Gasteiger partial charge in [0.25, 0.3) is 0 Å². The second kappa shape index (κ2) is 12.9. The minimum Gasteiger partial charge on any atom is -0.435 e. The summed E-state index contributed by atoms with van der Waals surface area (Å²) >= 11 is 0. The molecule has 0 aromatic heterocycles. The average Bonchev–Trinajstić information content (AvgIpc) is 2.77. The van der Waals surface area contributed by atoms with Crippen LogP contribution in [-0.2, 0) is 6.54 Å². The first-order valence-corrected chi connectivity index (χ1v) is 11.3. The third-order valence-electron chi connectivity index (χ3n) is 6.66. The van der Waals surface area contributed by atoms with Crippen molar-refractivity contribution < 1.29 is 13.5 Å². The van der Waals surface area contributed by atoms with Gasteiger partial charge in [-0.3, -0.25) is 9.89 Å². The van der Waals surface area contributed by atoms with Crippen LogP contribution in [0.1, 0.15) is 37.7 Å². The van der Waals surface area contributed by atoms with Crippen molar-refractivity contribution in [3.05, 3.63) is 29.8 Å². The van der Waals surface area contributed by atoms with Gasteiger partial charge in [0.15, 0.2) is 5.96 Å². The lowest BCUT2D eigenvalue weighted by Gasteiger charge is -2.50. The Kier molecular flexibility index (Phi) is 10.9. The highest BCUT2D eigenvalue weighted by molar-refractivity contribution is 14.0. The summed E-state index contributed by atoms with van der Waals surface area (Å²) in [6, 6.07) is 6.78. The van der Waals surface area contributed by atoms with Gasteiger partial charge in [0, 0.05) is 32.7 Å². The standard InChI is InChI=1S/C23H37F2N5O.HI/c1-26-22(29(3)17-19-7-9-20(10-8-19)31-21(24)25)27-18-23(11-15-28(2)16-12-23)30-13-5-4-6-14-30;/h7-10,21H,4-6,11-18H2,1-3H3,(H,26,27);1H. The smallest absolute Gasteiger partial charge is 0.387 e. The third kappa shape index (κ3) is 7.41. The minimum atomic E-state index is -2.80. The summed E-state index contributed by atoms with van der Waals surface area (Å²) in [5.74, 6) is 1.03. The van der Waals surface area contributed by atoms with Crippen molar-refractivity contribution >= 4 is 29.9 Å². The van der Waals surface area contributed by atoms with E-state index >= 15 is 0 Å². The molecule has 0 saturated carbocycles. The molecule has 2 heterocycles. The second-order valence-electron chi connectivity index (χ2n) is 8.85. The first-order chi connectivity index (χ1) is 14.9. The number of hydrogen-bond donors (Lipinski definition) is 1. The topological polar surface area (TPSA) is 43.3 Å². The number of alkyl halides is 2.